The Hall–Kier alpha value is -7.62. The Kier molecular flexibility index (Phi) is 16.2. The van der Waals surface area contributed by atoms with E-state index in [4.69, 9.17) is 0 Å². The molecule has 8 aromatic carbocycles. The van der Waals surface area contributed by atoms with Crippen LogP contribution in [0.1, 0.15) is 85.9 Å². The third kappa shape index (κ3) is 11.4. The maximum atomic E-state index is 15.4. The first-order valence-electron chi connectivity index (χ1n) is 23.5. The molecule has 0 heterocycles. The topological polar surface area (TPSA) is 230 Å². The molecule has 0 amide bonds. The second-order valence-electron chi connectivity index (χ2n) is 17.8. The molecule has 0 unspecified atom stereocenters. The number of carbonyl (C=O) groups excluding carboxylic acids is 4. The summed E-state index contributed by atoms with van der Waals surface area (Å²) >= 11 is 0. The normalized spacial score (nSPS) is 11.2. The van der Waals surface area contributed by atoms with Crippen molar-refractivity contribution in [3.63, 3.8) is 0 Å². The molecule has 0 bridgehead atoms. The molecule has 0 radical (unpaired) electrons. The van der Waals surface area contributed by atoms with Gasteiger partial charge in [0.2, 0.25) is 0 Å². The van der Waals surface area contributed by atoms with Crippen molar-refractivity contribution in [3.8, 4) is 0 Å². The minimum atomic E-state index is -2.28. The lowest BCUT2D eigenvalue weighted by atomic mass is 9.57. The summed E-state index contributed by atoms with van der Waals surface area (Å²) in [6.07, 6.45) is -1.02. The highest BCUT2D eigenvalue weighted by atomic mass is 16.4. The SMILES string of the molecule is O=C(Cc1ccccc1)c1cc(B(O)O)ccc1C(c1ccc(B(O)O)cc1C(=O)Cc1ccccc1)(c1ccc(B(O)O)cc1C(=O)Cc1ccccc1)c1ccc(B(O)O)cc1C(=O)Cc1ccccc1. The molecule has 360 valence electrons. The molecule has 0 saturated carbocycles. The molecule has 8 rings (SSSR count). The average Bonchev–Trinajstić information content (AvgIpc) is 3.40. The molecule has 0 aliphatic carbocycles. The summed E-state index contributed by atoms with van der Waals surface area (Å²) in [6.45, 7) is 0. The molecule has 0 aliphatic rings. The van der Waals surface area contributed by atoms with Crippen LogP contribution < -0.4 is 21.9 Å². The monoisotopic (exact) mass is 968 g/mol. The van der Waals surface area contributed by atoms with E-state index < -0.39 is 57.0 Å². The van der Waals surface area contributed by atoms with Gasteiger partial charge in [-0.1, -0.05) is 194 Å². The largest absolute Gasteiger partial charge is 0.488 e. The molecule has 16 heteroatoms. The van der Waals surface area contributed by atoms with Gasteiger partial charge in [-0.05, 0) is 66.4 Å². The predicted molar refractivity (Wildman–Crippen MR) is 282 cm³/mol. The maximum Gasteiger partial charge on any atom is 0.488 e. The zero-order chi connectivity index (χ0) is 51.8. The lowest BCUT2D eigenvalue weighted by Crippen LogP contribution is -2.42. The Labute approximate surface area is 423 Å². The minimum Gasteiger partial charge on any atom is -0.423 e. The van der Waals surface area contributed by atoms with Gasteiger partial charge in [-0.2, -0.15) is 0 Å². The van der Waals surface area contributed by atoms with Crippen LogP contribution in [0, 0.1) is 0 Å². The highest BCUT2D eigenvalue weighted by molar-refractivity contribution is 6.60. The molecule has 0 fully saturated rings. The third-order valence-electron chi connectivity index (χ3n) is 13.0. The van der Waals surface area contributed by atoms with Crippen molar-refractivity contribution < 1.29 is 59.4 Å². The Morgan fingerprint density at radius 2 is 0.479 bits per heavy atom. The predicted octanol–water partition coefficient (Wildman–Crippen LogP) is 2.49. The molecule has 0 saturated heterocycles. The van der Waals surface area contributed by atoms with Crippen LogP contribution in [0.3, 0.4) is 0 Å². The van der Waals surface area contributed by atoms with Gasteiger partial charge in [0.25, 0.3) is 0 Å². The number of carbonyl (C=O) groups is 4. The quantitative estimate of drug-likeness (QED) is 0.0313. The van der Waals surface area contributed by atoms with Gasteiger partial charge in [0.05, 0.1) is 5.41 Å². The van der Waals surface area contributed by atoms with Gasteiger partial charge >= 0.3 is 28.5 Å². The van der Waals surface area contributed by atoms with Crippen molar-refractivity contribution >= 4 is 73.5 Å². The lowest BCUT2D eigenvalue weighted by molar-refractivity contribution is 0.0985. The fourth-order valence-electron chi connectivity index (χ4n) is 9.50. The van der Waals surface area contributed by atoms with Gasteiger partial charge in [-0.25, -0.2) is 0 Å². The van der Waals surface area contributed by atoms with Crippen molar-refractivity contribution in [3.05, 3.63) is 261 Å². The van der Waals surface area contributed by atoms with Crippen molar-refractivity contribution in [2.24, 2.45) is 0 Å². The van der Waals surface area contributed by atoms with E-state index in [1.165, 1.54) is 72.8 Å². The first kappa shape index (κ1) is 51.7. The Morgan fingerprint density at radius 1 is 0.288 bits per heavy atom. The van der Waals surface area contributed by atoms with E-state index in [1.807, 2.05) is 0 Å². The van der Waals surface area contributed by atoms with Crippen molar-refractivity contribution in [1.82, 2.24) is 0 Å². The number of rotatable bonds is 20. The van der Waals surface area contributed by atoms with Gasteiger partial charge in [0.1, 0.15) is 0 Å². The number of benzene rings is 8. The highest BCUT2D eigenvalue weighted by Crippen LogP contribution is 2.50. The molecule has 0 aliphatic heterocycles. The van der Waals surface area contributed by atoms with Crippen molar-refractivity contribution in [1.29, 1.82) is 0 Å². The molecule has 12 nitrogen and oxygen atoms in total. The second-order valence-corrected chi connectivity index (χ2v) is 17.8. The third-order valence-corrected chi connectivity index (χ3v) is 13.0. The number of hydrogen-bond donors (Lipinski definition) is 8. The molecule has 8 N–H and O–H groups in total. The van der Waals surface area contributed by atoms with Crippen LogP contribution in [0.2, 0.25) is 0 Å². The first-order valence-corrected chi connectivity index (χ1v) is 23.5. The van der Waals surface area contributed by atoms with E-state index in [1.54, 1.807) is 121 Å². The van der Waals surface area contributed by atoms with Gasteiger partial charge in [-0.3, -0.25) is 19.2 Å². The van der Waals surface area contributed by atoms with Gasteiger partial charge < -0.3 is 40.2 Å². The zero-order valence-electron chi connectivity index (χ0n) is 39.3. The maximum absolute atomic E-state index is 15.4. The summed E-state index contributed by atoms with van der Waals surface area (Å²) < 4.78 is 0. The lowest BCUT2D eigenvalue weighted by Gasteiger charge is -2.41. The summed E-state index contributed by atoms with van der Waals surface area (Å²) in [6, 6.07) is 51.2. The van der Waals surface area contributed by atoms with Gasteiger partial charge in [0, 0.05) is 47.9 Å². The molecule has 0 aromatic heterocycles. The van der Waals surface area contributed by atoms with Gasteiger partial charge in [-0.15, -0.1) is 0 Å². The van der Waals surface area contributed by atoms with E-state index in [9.17, 15) is 40.2 Å². The van der Waals surface area contributed by atoms with E-state index >= 15 is 19.2 Å². The van der Waals surface area contributed by atoms with E-state index in [-0.39, 0.29) is 92.0 Å². The van der Waals surface area contributed by atoms with E-state index in [0.717, 1.165) is 0 Å². The minimum absolute atomic E-state index is 0.000931. The van der Waals surface area contributed by atoms with Crippen LogP contribution in [0.15, 0.2) is 194 Å². The van der Waals surface area contributed by atoms with Crippen LogP contribution in [-0.2, 0) is 31.1 Å². The van der Waals surface area contributed by atoms with Crippen molar-refractivity contribution in [2.45, 2.75) is 31.1 Å². The molecule has 73 heavy (non-hydrogen) atoms. The molecular weight excluding hydrogens is 920 g/mol. The summed E-state index contributed by atoms with van der Waals surface area (Å²) in [5, 5.41) is 86.0. The van der Waals surface area contributed by atoms with Crippen LogP contribution in [0.25, 0.3) is 0 Å². The van der Waals surface area contributed by atoms with Crippen molar-refractivity contribution in [2.75, 3.05) is 0 Å². The smallest absolute Gasteiger partial charge is 0.423 e. The molecule has 0 spiro atoms. The van der Waals surface area contributed by atoms with Crippen LogP contribution in [0.4, 0.5) is 0 Å². The Balaban J connectivity index is 1.62. The summed E-state index contributed by atoms with van der Waals surface area (Å²) in [5.74, 6) is -2.31. The second kappa shape index (κ2) is 22.9. The standard InChI is InChI=1S/C57H48B4O12/c62-53(29-37-13-5-1-6-14-37)45-33-41(58(66)67)21-25-49(45)57(50-26-22-42(59(68)69)34-46(50)54(63)30-38-15-7-2-8-16-38,51-27-23-43(60(70)71)35-47(51)55(64)31-39-17-9-3-10-18-39)52-28-24-44(61(72)73)36-48(52)56(65)32-40-19-11-4-12-20-40/h1-28,33-36,66-73H,29-32H2. The Morgan fingerprint density at radius 3 is 0.658 bits per heavy atom. The van der Waals surface area contributed by atoms with Crippen LogP contribution >= 0.6 is 0 Å². The Bertz CT molecular complexity index is 2840. The molecular formula is C57H48B4O12. The molecule has 0 atom stereocenters. The highest BCUT2D eigenvalue weighted by Gasteiger charge is 2.48. The number of ketones is 4. The van der Waals surface area contributed by atoms with Crippen LogP contribution in [0.5, 0.6) is 0 Å². The fraction of sp³-hybridized carbons (Fsp3) is 0.0877. The zero-order valence-corrected chi connectivity index (χ0v) is 39.3. The fourth-order valence-corrected chi connectivity index (χ4v) is 9.50. The first-order chi connectivity index (χ1) is 35.1. The summed E-state index contributed by atoms with van der Waals surface area (Å²) in [5.41, 5.74) is -1.07. The van der Waals surface area contributed by atoms with Gasteiger partial charge in [0.15, 0.2) is 23.1 Å². The summed E-state index contributed by atoms with van der Waals surface area (Å²) in [7, 11) is -8.44. The number of Topliss-reactive ketones (excluding diaryl/α,β-unsaturated/α-hetero) is 4. The summed E-state index contributed by atoms with van der Waals surface area (Å²) in [4.78, 5) is 61.6. The average molecular weight is 968 g/mol. The molecule has 8 aromatic rings. The van der Waals surface area contributed by atoms with E-state index in [2.05, 4.69) is 0 Å². The van der Waals surface area contributed by atoms with Crippen LogP contribution in [-0.4, -0.2) is 91.8 Å². The van der Waals surface area contributed by atoms with E-state index in [0.29, 0.717) is 22.3 Å². The number of hydrogen-bond acceptors (Lipinski definition) is 12.